The van der Waals surface area contributed by atoms with E-state index in [1.807, 2.05) is 12.2 Å². The van der Waals surface area contributed by atoms with Gasteiger partial charge in [-0.2, -0.15) is 11.4 Å². The molecule has 2 unspecified atom stereocenters. The summed E-state index contributed by atoms with van der Waals surface area (Å²) >= 11 is 0. The molecule has 2 aliphatic heterocycles. The van der Waals surface area contributed by atoms with Gasteiger partial charge in [-0.15, -0.1) is 0 Å². The molecule has 1 saturated heterocycles. The van der Waals surface area contributed by atoms with Crippen molar-refractivity contribution in [3.05, 3.63) is 141 Å². The summed E-state index contributed by atoms with van der Waals surface area (Å²) in [6.07, 6.45) is 8.49. The number of allylic oxidation sites excluding steroid dienone is 6. The van der Waals surface area contributed by atoms with E-state index >= 15 is 0 Å². The number of hydrogen-bond donors (Lipinski definition) is 1. The number of carboxylic acid groups (broad SMARTS) is 1. The van der Waals surface area contributed by atoms with Crippen LogP contribution in [0.5, 0.6) is 0 Å². The van der Waals surface area contributed by atoms with Crippen molar-refractivity contribution in [2.24, 2.45) is 5.92 Å². The van der Waals surface area contributed by atoms with Gasteiger partial charge in [-0.05, 0) is 43.0 Å². The zero-order valence-corrected chi connectivity index (χ0v) is 30.8. The molecule has 2 aromatic rings. The van der Waals surface area contributed by atoms with Gasteiger partial charge in [-0.25, -0.2) is 9.59 Å². The van der Waals surface area contributed by atoms with E-state index in [-0.39, 0.29) is 69.1 Å². The van der Waals surface area contributed by atoms with Crippen molar-refractivity contribution in [3.63, 3.8) is 0 Å². The average molecular weight is 654 g/mol. The van der Waals surface area contributed by atoms with Crippen LogP contribution in [-0.4, -0.2) is 53.6 Å². The number of rotatable bonds is 10. The number of ether oxygens (including phenoxy) is 1. The number of nitrogens with zero attached hydrogens (tertiary/aromatic N) is 3. The van der Waals surface area contributed by atoms with Crippen LogP contribution in [0.3, 0.4) is 0 Å². The molecular formula is C36H44KN3O6. The number of methoxy groups -OCH3 is 1. The van der Waals surface area contributed by atoms with Crippen molar-refractivity contribution >= 4 is 17.6 Å². The first-order valence-electron chi connectivity index (χ1n) is 14.9. The van der Waals surface area contributed by atoms with Crippen LogP contribution in [0, 0.1) is 16.0 Å². The molecule has 0 bridgehead atoms. The second-order valence-electron chi connectivity index (χ2n) is 10.9. The number of carbonyl (C=O) groups is 2. The normalized spacial score (nSPS) is 16.7. The van der Waals surface area contributed by atoms with Crippen LogP contribution in [0.25, 0.3) is 5.32 Å². The van der Waals surface area contributed by atoms with Gasteiger partial charge in [0.25, 0.3) is 5.69 Å². The molecule has 0 saturated carbocycles. The molecule has 1 fully saturated rings. The Balaban J connectivity index is 0.000000370. The molecule has 46 heavy (non-hydrogen) atoms. The fourth-order valence-electron chi connectivity index (χ4n) is 5.16. The molecule has 0 aromatic heterocycles. The molecule has 2 heterocycles. The molecule has 0 amide bonds. The molecular weight excluding hydrogens is 610 g/mol. The molecule has 2 atom stereocenters. The van der Waals surface area contributed by atoms with Crippen LogP contribution in [0.4, 0.5) is 5.69 Å². The van der Waals surface area contributed by atoms with E-state index in [0.29, 0.717) is 22.9 Å². The maximum absolute atomic E-state index is 11.3. The van der Waals surface area contributed by atoms with Crippen molar-refractivity contribution in [2.75, 3.05) is 26.7 Å². The van der Waals surface area contributed by atoms with E-state index in [9.17, 15) is 19.7 Å². The first kappa shape index (κ1) is 40.9. The Hall–Kier alpha value is -3.12. The molecule has 2 aromatic carbocycles. The Bertz CT molecular complexity index is 1420. The van der Waals surface area contributed by atoms with Crippen LogP contribution in [-0.2, 0) is 14.3 Å². The first-order valence-corrected chi connectivity index (χ1v) is 14.9. The smallest absolute Gasteiger partial charge is 0.664 e. The number of para-hydroxylation sites is 1. The Labute approximate surface area is 315 Å². The molecule has 9 nitrogen and oxygen atoms in total. The summed E-state index contributed by atoms with van der Waals surface area (Å²) in [7, 11) is 1.26. The van der Waals surface area contributed by atoms with Crippen LogP contribution >= 0.6 is 0 Å². The summed E-state index contributed by atoms with van der Waals surface area (Å²) in [6.45, 7) is 17.1. The van der Waals surface area contributed by atoms with Gasteiger partial charge in [0.15, 0.2) is 0 Å². The van der Waals surface area contributed by atoms with Crippen molar-refractivity contribution in [1.29, 1.82) is 0 Å². The zero-order valence-electron chi connectivity index (χ0n) is 27.6. The molecule has 10 heteroatoms. The average Bonchev–Trinajstić information content (AvgIpc) is 3.46. The molecule has 240 valence electrons. The number of likely N-dealkylation sites (tertiary alicyclic amines) is 1. The van der Waals surface area contributed by atoms with E-state index < -0.39 is 16.9 Å². The molecule has 1 N–H and O–H groups in total. The predicted molar refractivity (Wildman–Crippen MR) is 179 cm³/mol. The van der Waals surface area contributed by atoms with Gasteiger partial charge in [0, 0.05) is 42.2 Å². The second-order valence-corrected chi connectivity index (χ2v) is 10.9. The van der Waals surface area contributed by atoms with E-state index in [1.54, 1.807) is 32.0 Å². The maximum Gasteiger partial charge on any atom is 1.00 e. The van der Waals surface area contributed by atoms with Crippen LogP contribution in [0.2, 0.25) is 0 Å². The fourth-order valence-corrected chi connectivity index (χ4v) is 5.16. The molecule has 4 rings (SSSR count). The molecule has 0 radical (unpaired) electrons. The molecule has 2 aliphatic rings. The van der Waals surface area contributed by atoms with Crippen molar-refractivity contribution < 1.29 is 75.7 Å². The third kappa shape index (κ3) is 13.3. The summed E-state index contributed by atoms with van der Waals surface area (Å²) in [4.78, 5) is 34.3. The predicted octanol–water partition coefficient (Wildman–Crippen LogP) is 4.97. The Morgan fingerprint density at radius 3 is 2.13 bits per heavy atom. The third-order valence-electron chi connectivity index (χ3n) is 7.61. The number of aliphatic carboxylic acids is 1. The quantitative estimate of drug-likeness (QED) is 0.126. The second kappa shape index (κ2) is 21.6. The van der Waals surface area contributed by atoms with Crippen molar-refractivity contribution in [3.8, 4) is 0 Å². The standard InChI is InChI=1S/C20H27N.C10H13NO4.C6H5NO2.K/c1-4-9-18(5-2)20(19-10-7-6-8-11-19)13-15-21-14-12-17(3)16-21;1-5-7(9(12)13)4-8(6(2)11-5)10(14)15-3;8-7(9)6-4-2-1-3-5-6;/h4-11,17,20H,1-2,12-16H2,3H3;4H2,1-3H3,(H2,11,12,13,14);1-5H;/q;;;+1/p-1/b18-9+;;;. The minimum absolute atomic E-state index is 0. The number of nitro benzene ring substituents is 1. The maximum atomic E-state index is 11.3. The molecule has 0 aliphatic carbocycles. The summed E-state index contributed by atoms with van der Waals surface area (Å²) < 4.78 is 4.55. The SMILES string of the molecule is C=C/C=C(\C=C)C(CCN1CCC(C)C1)c1ccccc1.COC(=O)C1=C(C)[N-]C(C)=C(C(=O)O)C1.O=[N+]([O-])c1ccccc1.[K+]. The summed E-state index contributed by atoms with van der Waals surface area (Å²) in [5.74, 6) is -0.312. The summed E-state index contributed by atoms with van der Waals surface area (Å²) in [6, 6.07) is 18.7. The zero-order chi connectivity index (χ0) is 33.4. The third-order valence-corrected chi connectivity index (χ3v) is 7.61. The number of esters is 1. The first-order chi connectivity index (χ1) is 21.5. The number of hydrogen-bond acceptors (Lipinski definition) is 6. The van der Waals surface area contributed by atoms with Gasteiger partial charge < -0.3 is 20.1 Å². The topological polar surface area (TPSA) is 124 Å². The number of benzene rings is 2. The van der Waals surface area contributed by atoms with Gasteiger partial charge in [0.1, 0.15) is 0 Å². The Kier molecular flexibility index (Phi) is 19.2. The largest absolute Gasteiger partial charge is 1.00 e. The Morgan fingerprint density at radius 2 is 1.67 bits per heavy atom. The van der Waals surface area contributed by atoms with Gasteiger partial charge in [0.05, 0.1) is 12.0 Å². The van der Waals surface area contributed by atoms with Crippen molar-refractivity contribution in [2.45, 2.75) is 46.0 Å². The van der Waals surface area contributed by atoms with Gasteiger partial charge in [-0.3, -0.25) is 10.1 Å². The monoisotopic (exact) mass is 653 g/mol. The van der Waals surface area contributed by atoms with Gasteiger partial charge in [0.2, 0.25) is 0 Å². The van der Waals surface area contributed by atoms with Crippen LogP contribution < -0.4 is 51.4 Å². The number of non-ortho nitro benzene ring substituents is 1. The van der Waals surface area contributed by atoms with Crippen LogP contribution in [0.1, 0.15) is 51.5 Å². The number of carbonyl (C=O) groups excluding carboxylic acids is 1. The van der Waals surface area contributed by atoms with E-state index in [1.165, 1.54) is 49.9 Å². The van der Waals surface area contributed by atoms with Gasteiger partial charge >= 0.3 is 63.3 Å². The fraction of sp³-hybridized carbons (Fsp3) is 0.333. The van der Waals surface area contributed by atoms with Crippen molar-refractivity contribution in [1.82, 2.24) is 4.90 Å². The minimum Gasteiger partial charge on any atom is -0.664 e. The van der Waals surface area contributed by atoms with Crippen LogP contribution in [0.15, 0.2) is 120 Å². The number of carboxylic acids is 1. The minimum atomic E-state index is -1.05. The number of nitro groups is 1. The molecule has 0 spiro atoms. The van der Waals surface area contributed by atoms with E-state index in [4.69, 9.17) is 5.11 Å². The summed E-state index contributed by atoms with van der Waals surface area (Å²) in [5.41, 5.74) is 4.18. The summed E-state index contributed by atoms with van der Waals surface area (Å²) in [5, 5.41) is 22.9. The van der Waals surface area contributed by atoms with Gasteiger partial charge in [-0.1, -0.05) is 101 Å². The van der Waals surface area contributed by atoms with E-state index in [2.05, 4.69) is 71.4 Å². The van der Waals surface area contributed by atoms with E-state index in [0.717, 1.165) is 18.9 Å². The Morgan fingerprint density at radius 1 is 1.09 bits per heavy atom.